The Morgan fingerprint density at radius 3 is 1.92 bits per heavy atom. The van der Waals surface area contributed by atoms with Crippen molar-refractivity contribution in [1.82, 2.24) is 10.6 Å². The number of aliphatic hydroxyl groups is 1. The third kappa shape index (κ3) is 7.88. The highest BCUT2D eigenvalue weighted by atomic mass is 28.4. The molecule has 0 aromatic carbocycles. The Morgan fingerprint density at radius 2 is 1.52 bits per heavy atom. The van der Waals surface area contributed by atoms with Gasteiger partial charge in [0.05, 0.1) is 25.3 Å². The molecule has 0 unspecified atom stereocenters. The van der Waals surface area contributed by atoms with Crippen LogP contribution in [0.4, 0.5) is 0 Å². The Labute approximate surface area is 153 Å². The summed E-state index contributed by atoms with van der Waals surface area (Å²) in [4.78, 5) is 21.8. The van der Waals surface area contributed by atoms with Crippen molar-refractivity contribution in [3.05, 3.63) is 0 Å². The normalized spacial score (nSPS) is 24.7. The molecule has 0 radical (unpaired) electrons. The molecule has 0 aromatic rings. The van der Waals surface area contributed by atoms with Crippen molar-refractivity contribution in [3.8, 4) is 0 Å². The van der Waals surface area contributed by atoms with Crippen molar-refractivity contribution in [1.29, 1.82) is 0 Å². The Kier molecular flexibility index (Phi) is 8.57. The van der Waals surface area contributed by atoms with Gasteiger partial charge in [-0.15, -0.1) is 0 Å². The Morgan fingerprint density at radius 1 is 1.04 bits per heavy atom. The lowest BCUT2D eigenvalue weighted by molar-refractivity contribution is -0.124. The van der Waals surface area contributed by atoms with Crippen LogP contribution in [0.25, 0.3) is 0 Å². The number of hydrogen-bond donors (Lipinski definition) is 3. The van der Waals surface area contributed by atoms with Crippen LogP contribution >= 0.6 is 0 Å². The van der Waals surface area contributed by atoms with Crippen LogP contribution in [-0.2, 0) is 14.0 Å². The molecule has 0 aromatic heterocycles. The Bertz CT molecular complexity index is 449. The second kappa shape index (κ2) is 9.69. The lowest BCUT2D eigenvalue weighted by atomic mass is 10.1. The van der Waals surface area contributed by atoms with Crippen molar-refractivity contribution in [2.24, 2.45) is 0 Å². The topological polar surface area (TPSA) is 87.7 Å². The van der Waals surface area contributed by atoms with Crippen LogP contribution in [0.3, 0.4) is 0 Å². The minimum absolute atomic E-state index is 0.0197. The molecular weight excluding hydrogens is 336 g/mol. The lowest BCUT2D eigenvalue weighted by Crippen LogP contribution is -2.47. The van der Waals surface area contributed by atoms with Crippen LogP contribution in [0.15, 0.2) is 0 Å². The van der Waals surface area contributed by atoms with Crippen LogP contribution in [-0.4, -0.2) is 50.5 Å². The SMILES string of the molecule is CC(C)(C)[Si](C)(C)OC[C@H]1CCCC(=O)N1.O=C1CCC[C@H](CO)N1. The number of rotatable bonds is 4. The molecule has 25 heavy (non-hydrogen) atoms. The fraction of sp³-hybridized carbons (Fsp3) is 0.889. The maximum atomic E-state index is 11.2. The average molecular weight is 373 g/mol. The predicted octanol–water partition coefficient (Wildman–Crippen LogP) is 2.32. The molecule has 0 aliphatic carbocycles. The van der Waals surface area contributed by atoms with Gasteiger partial charge in [-0.05, 0) is 43.8 Å². The van der Waals surface area contributed by atoms with Gasteiger partial charge in [0.2, 0.25) is 11.8 Å². The van der Waals surface area contributed by atoms with Gasteiger partial charge < -0.3 is 20.2 Å². The number of amides is 2. The van der Waals surface area contributed by atoms with E-state index in [2.05, 4.69) is 44.5 Å². The van der Waals surface area contributed by atoms with Gasteiger partial charge in [-0.3, -0.25) is 9.59 Å². The van der Waals surface area contributed by atoms with E-state index in [-0.39, 0.29) is 35.5 Å². The number of nitrogens with one attached hydrogen (secondary N) is 2. The van der Waals surface area contributed by atoms with E-state index in [1.807, 2.05) is 0 Å². The fourth-order valence-corrected chi connectivity index (χ4v) is 3.60. The highest BCUT2D eigenvalue weighted by Crippen LogP contribution is 2.36. The first-order chi connectivity index (χ1) is 11.5. The summed E-state index contributed by atoms with van der Waals surface area (Å²) in [5.74, 6) is 0.246. The standard InChI is InChI=1S/C12H25NO2Si.C6H11NO2/c1-12(2,3)16(4,5)15-9-10-7-6-8-11(14)13-10;8-4-5-2-1-3-6(9)7-5/h10H,6-9H2,1-5H3,(H,13,14);5,8H,1-4H2,(H,7,9)/t10-;5-/m11/s1. The van der Waals surface area contributed by atoms with E-state index < -0.39 is 8.32 Å². The zero-order chi connectivity index (χ0) is 19.1. The molecular formula is C18H36N2O4Si. The number of hydrogen-bond acceptors (Lipinski definition) is 4. The zero-order valence-electron chi connectivity index (χ0n) is 16.5. The molecule has 0 bridgehead atoms. The predicted molar refractivity (Wildman–Crippen MR) is 102 cm³/mol. The molecule has 2 saturated heterocycles. The summed E-state index contributed by atoms with van der Waals surface area (Å²) in [6.07, 6.45) is 5.18. The van der Waals surface area contributed by atoms with Gasteiger partial charge >= 0.3 is 0 Å². The summed E-state index contributed by atoms with van der Waals surface area (Å²) in [5.41, 5.74) is 0. The van der Waals surface area contributed by atoms with Crippen molar-refractivity contribution >= 4 is 20.1 Å². The van der Waals surface area contributed by atoms with Crippen LogP contribution < -0.4 is 10.6 Å². The first kappa shape index (κ1) is 22.1. The summed E-state index contributed by atoms with van der Waals surface area (Å²) < 4.78 is 6.11. The molecule has 0 saturated carbocycles. The van der Waals surface area contributed by atoms with Crippen LogP contribution in [0.1, 0.15) is 59.3 Å². The molecule has 2 atom stereocenters. The average Bonchev–Trinajstić information content (AvgIpc) is 2.53. The van der Waals surface area contributed by atoms with Gasteiger partial charge in [0, 0.05) is 12.8 Å². The summed E-state index contributed by atoms with van der Waals surface area (Å²) in [6.45, 7) is 12.0. The summed E-state index contributed by atoms with van der Waals surface area (Å²) >= 11 is 0. The van der Waals surface area contributed by atoms with E-state index in [0.29, 0.717) is 19.4 Å². The molecule has 2 amide bonds. The second-order valence-electron chi connectivity index (χ2n) is 8.57. The molecule has 146 valence electrons. The molecule has 2 heterocycles. The highest BCUT2D eigenvalue weighted by Gasteiger charge is 2.37. The van der Waals surface area contributed by atoms with E-state index in [9.17, 15) is 9.59 Å². The van der Waals surface area contributed by atoms with Crippen molar-refractivity contribution < 1.29 is 19.1 Å². The van der Waals surface area contributed by atoms with Crippen LogP contribution in [0.5, 0.6) is 0 Å². The Balaban J connectivity index is 0.000000293. The van der Waals surface area contributed by atoms with Gasteiger partial charge in [-0.2, -0.15) is 0 Å². The van der Waals surface area contributed by atoms with Crippen molar-refractivity contribution in [2.45, 2.75) is 89.5 Å². The molecule has 2 fully saturated rings. The van der Waals surface area contributed by atoms with E-state index in [4.69, 9.17) is 9.53 Å². The number of piperidine rings is 2. The fourth-order valence-electron chi connectivity index (χ4n) is 2.55. The number of carbonyl (C=O) groups is 2. The number of aliphatic hydroxyl groups excluding tert-OH is 1. The van der Waals surface area contributed by atoms with Gasteiger partial charge in [-0.25, -0.2) is 0 Å². The van der Waals surface area contributed by atoms with Gasteiger partial charge in [0.15, 0.2) is 8.32 Å². The third-order valence-corrected chi connectivity index (χ3v) is 9.82. The molecule has 2 aliphatic heterocycles. The van der Waals surface area contributed by atoms with Crippen molar-refractivity contribution in [2.75, 3.05) is 13.2 Å². The zero-order valence-corrected chi connectivity index (χ0v) is 17.5. The minimum atomic E-state index is -1.66. The summed E-state index contributed by atoms with van der Waals surface area (Å²) in [6, 6.07) is 0.252. The molecule has 3 N–H and O–H groups in total. The lowest BCUT2D eigenvalue weighted by Gasteiger charge is -2.37. The van der Waals surface area contributed by atoms with Gasteiger partial charge in [-0.1, -0.05) is 20.8 Å². The molecule has 0 spiro atoms. The van der Waals surface area contributed by atoms with Crippen molar-refractivity contribution in [3.63, 3.8) is 0 Å². The summed E-state index contributed by atoms with van der Waals surface area (Å²) in [5, 5.41) is 14.5. The first-order valence-electron chi connectivity index (χ1n) is 9.38. The van der Waals surface area contributed by atoms with Gasteiger partial charge in [0.25, 0.3) is 0 Å². The maximum Gasteiger partial charge on any atom is 0.220 e. The molecule has 6 nitrogen and oxygen atoms in total. The smallest absolute Gasteiger partial charge is 0.220 e. The summed E-state index contributed by atoms with van der Waals surface area (Å²) in [7, 11) is -1.66. The number of carbonyl (C=O) groups excluding carboxylic acids is 2. The monoisotopic (exact) mass is 372 g/mol. The second-order valence-corrected chi connectivity index (χ2v) is 13.4. The van der Waals surface area contributed by atoms with E-state index in [1.54, 1.807) is 0 Å². The van der Waals surface area contributed by atoms with Gasteiger partial charge in [0.1, 0.15) is 0 Å². The first-order valence-corrected chi connectivity index (χ1v) is 12.3. The van der Waals surface area contributed by atoms with E-state index in [1.165, 1.54) is 0 Å². The van der Waals surface area contributed by atoms with Crippen LogP contribution in [0.2, 0.25) is 18.1 Å². The van der Waals surface area contributed by atoms with E-state index >= 15 is 0 Å². The van der Waals surface area contributed by atoms with E-state index in [0.717, 1.165) is 25.7 Å². The largest absolute Gasteiger partial charge is 0.415 e. The minimum Gasteiger partial charge on any atom is -0.415 e. The van der Waals surface area contributed by atoms with Crippen LogP contribution in [0, 0.1) is 0 Å². The third-order valence-electron chi connectivity index (χ3n) is 5.32. The molecule has 2 aliphatic rings. The highest BCUT2D eigenvalue weighted by molar-refractivity contribution is 6.74. The molecule has 7 heteroatoms. The maximum absolute atomic E-state index is 11.2. The molecule has 2 rings (SSSR count). The Hall–Kier alpha value is -0.923. The quantitative estimate of drug-likeness (QED) is 0.661.